The van der Waals surface area contributed by atoms with Gasteiger partial charge in [0.15, 0.2) is 5.75 Å². The summed E-state index contributed by atoms with van der Waals surface area (Å²) in [4.78, 5) is 10.6. The first-order valence-electron chi connectivity index (χ1n) is 11.9. The highest BCUT2D eigenvalue weighted by molar-refractivity contribution is 6.31. The highest BCUT2D eigenvalue weighted by atomic mass is 35.5. The van der Waals surface area contributed by atoms with E-state index < -0.39 is 42.1 Å². The van der Waals surface area contributed by atoms with Crippen LogP contribution in [0.1, 0.15) is 22.8 Å². The molecule has 0 aromatic heterocycles. The molecule has 0 bridgehead atoms. The van der Waals surface area contributed by atoms with Gasteiger partial charge in [0.05, 0.1) is 11.5 Å². The Hall–Kier alpha value is -3.25. The van der Waals surface area contributed by atoms with E-state index in [1.54, 1.807) is 42.5 Å². The number of hydrogen-bond acceptors (Lipinski definition) is 9. The van der Waals surface area contributed by atoms with E-state index in [4.69, 9.17) is 25.8 Å². The molecule has 1 heterocycles. The maximum Gasteiger partial charge on any atom is 0.310 e. The summed E-state index contributed by atoms with van der Waals surface area (Å²) < 4.78 is 16.8. The Morgan fingerprint density at radius 3 is 2.34 bits per heavy atom. The van der Waals surface area contributed by atoms with Crippen LogP contribution < -0.4 is 9.47 Å². The summed E-state index contributed by atoms with van der Waals surface area (Å²) >= 11 is 6.41. The number of nitro groups is 1. The minimum atomic E-state index is -1.47. The number of hydrogen-bond donors (Lipinski definition) is 4. The molecule has 0 spiro atoms. The van der Waals surface area contributed by atoms with E-state index in [2.05, 4.69) is 0 Å². The van der Waals surface area contributed by atoms with Gasteiger partial charge in [-0.2, -0.15) is 0 Å². The van der Waals surface area contributed by atoms with Crippen LogP contribution >= 0.6 is 11.6 Å². The summed E-state index contributed by atoms with van der Waals surface area (Å²) in [5, 5.41) is 51.6. The van der Waals surface area contributed by atoms with Crippen molar-refractivity contribution in [2.45, 2.75) is 36.9 Å². The van der Waals surface area contributed by atoms with Gasteiger partial charge in [-0.25, -0.2) is 0 Å². The zero-order chi connectivity index (χ0) is 27.2. The van der Waals surface area contributed by atoms with Gasteiger partial charge in [-0.3, -0.25) is 10.1 Å². The third-order valence-electron chi connectivity index (χ3n) is 6.28. The molecule has 10 nitrogen and oxygen atoms in total. The quantitative estimate of drug-likeness (QED) is 0.171. The molecule has 0 amide bonds. The first-order chi connectivity index (χ1) is 18.3. The molecular weight excluding hydrogens is 518 g/mol. The van der Waals surface area contributed by atoms with Crippen molar-refractivity contribution >= 4 is 17.3 Å². The third-order valence-corrected chi connectivity index (χ3v) is 6.65. The van der Waals surface area contributed by atoms with Crippen LogP contribution in [-0.2, 0) is 11.2 Å². The smallest absolute Gasteiger partial charge is 0.310 e. The minimum Gasteiger partial charge on any atom is -0.490 e. The van der Waals surface area contributed by atoms with E-state index in [1.807, 2.05) is 12.1 Å². The molecule has 1 aliphatic rings. The van der Waals surface area contributed by atoms with Crippen molar-refractivity contribution in [3.8, 4) is 11.5 Å². The molecule has 1 saturated heterocycles. The van der Waals surface area contributed by atoms with Gasteiger partial charge in [-0.1, -0.05) is 48.0 Å². The van der Waals surface area contributed by atoms with Crippen LogP contribution in [0.2, 0.25) is 5.02 Å². The molecule has 0 radical (unpaired) electrons. The summed E-state index contributed by atoms with van der Waals surface area (Å²) in [6.45, 7) is -0.181. The lowest BCUT2D eigenvalue weighted by molar-refractivity contribution is -0.385. The summed E-state index contributed by atoms with van der Waals surface area (Å²) in [6.07, 6.45) is -5.76. The summed E-state index contributed by atoms with van der Waals surface area (Å²) in [5.41, 5.74) is 2.14. The van der Waals surface area contributed by atoms with Crippen LogP contribution in [0.25, 0.3) is 0 Å². The molecule has 0 unspecified atom stereocenters. The number of rotatable bonds is 10. The fourth-order valence-corrected chi connectivity index (χ4v) is 4.43. The van der Waals surface area contributed by atoms with Gasteiger partial charge < -0.3 is 34.6 Å². The largest absolute Gasteiger partial charge is 0.490 e. The Balaban J connectivity index is 1.36. The standard InChI is InChI=1S/C27H28ClNO9/c28-20-10-7-17(27-26(33)25(32)24(31)23(15-30)38-27)14-18(20)13-16-5-8-19(9-6-16)36-11-12-37-22-4-2-1-3-21(22)29(34)35/h1-10,14,23-27,30-33H,11-13,15H2/t23-,24-,25+,26-,27+/m1/s1. The number of halogens is 1. The van der Waals surface area contributed by atoms with Gasteiger partial charge in [-0.05, 0) is 47.4 Å². The fraction of sp³-hybridized carbons (Fsp3) is 0.333. The third kappa shape index (κ3) is 6.41. The maximum absolute atomic E-state index is 11.1. The molecule has 1 aliphatic heterocycles. The first kappa shape index (κ1) is 27.8. The normalized spacial score (nSPS) is 23.1. The molecule has 38 heavy (non-hydrogen) atoms. The number of nitrogens with zero attached hydrogens (tertiary/aromatic N) is 1. The second-order valence-electron chi connectivity index (χ2n) is 8.84. The molecule has 4 rings (SSSR count). The van der Waals surface area contributed by atoms with Crippen LogP contribution in [0, 0.1) is 10.1 Å². The zero-order valence-electron chi connectivity index (χ0n) is 20.2. The predicted octanol–water partition coefficient (Wildman–Crippen LogP) is 2.81. The topological polar surface area (TPSA) is 152 Å². The molecule has 3 aromatic carbocycles. The fourth-order valence-electron chi connectivity index (χ4n) is 4.25. The van der Waals surface area contributed by atoms with Crippen LogP contribution in [0.3, 0.4) is 0 Å². The van der Waals surface area contributed by atoms with Crippen LogP contribution in [0.15, 0.2) is 66.7 Å². The molecule has 11 heteroatoms. The van der Waals surface area contributed by atoms with Crippen molar-refractivity contribution in [1.82, 2.24) is 0 Å². The lowest BCUT2D eigenvalue weighted by Gasteiger charge is -2.40. The molecule has 202 valence electrons. The van der Waals surface area contributed by atoms with Crippen molar-refractivity contribution in [1.29, 1.82) is 0 Å². The second kappa shape index (κ2) is 12.5. The minimum absolute atomic E-state index is 0.105. The van der Waals surface area contributed by atoms with Crippen molar-refractivity contribution in [3.63, 3.8) is 0 Å². The molecular formula is C27H28ClNO9. The van der Waals surface area contributed by atoms with Gasteiger partial charge in [-0.15, -0.1) is 0 Å². The molecule has 4 N–H and O–H groups in total. The van der Waals surface area contributed by atoms with Gasteiger partial charge in [0.2, 0.25) is 0 Å². The highest BCUT2D eigenvalue weighted by Gasteiger charge is 2.44. The molecule has 5 atom stereocenters. The molecule has 1 fully saturated rings. The average molecular weight is 546 g/mol. The first-order valence-corrected chi connectivity index (χ1v) is 12.3. The molecule has 0 aliphatic carbocycles. The monoisotopic (exact) mass is 545 g/mol. The zero-order valence-corrected chi connectivity index (χ0v) is 21.0. The van der Waals surface area contributed by atoms with Crippen LogP contribution in [-0.4, -0.2) is 69.6 Å². The Morgan fingerprint density at radius 1 is 0.921 bits per heavy atom. The van der Waals surface area contributed by atoms with E-state index in [1.165, 1.54) is 12.1 Å². The van der Waals surface area contributed by atoms with Crippen LogP contribution in [0.4, 0.5) is 5.69 Å². The van der Waals surface area contributed by atoms with Gasteiger partial charge in [0.25, 0.3) is 0 Å². The van der Waals surface area contributed by atoms with Crippen molar-refractivity contribution in [2.75, 3.05) is 19.8 Å². The lowest BCUT2D eigenvalue weighted by atomic mass is 9.90. The Morgan fingerprint density at radius 2 is 1.63 bits per heavy atom. The van der Waals surface area contributed by atoms with Gasteiger partial charge >= 0.3 is 5.69 Å². The van der Waals surface area contributed by atoms with E-state index in [0.29, 0.717) is 22.8 Å². The van der Waals surface area contributed by atoms with Crippen molar-refractivity contribution in [3.05, 3.63) is 98.6 Å². The number of aliphatic hydroxyl groups is 4. The number of aliphatic hydroxyl groups excluding tert-OH is 4. The van der Waals surface area contributed by atoms with Gasteiger partial charge in [0.1, 0.15) is 49.5 Å². The predicted molar refractivity (Wildman–Crippen MR) is 138 cm³/mol. The Bertz CT molecular complexity index is 1240. The van der Waals surface area contributed by atoms with Gasteiger partial charge in [0, 0.05) is 11.1 Å². The molecule has 0 saturated carbocycles. The number of ether oxygens (including phenoxy) is 3. The number of benzene rings is 3. The summed E-state index contributed by atoms with van der Waals surface area (Å²) in [5.74, 6) is 0.778. The van der Waals surface area contributed by atoms with E-state index in [0.717, 1.165) is 11.1 Å². The SMILES string of the molecule is O=[N+]([O-])c1ccccc1OCCOc1ccc(Cc2cc([C@@H]3O[C@H](CO)[C@@H](O)[C@H](O)[C@H]3O)ccc2Cl)cc1. The van der Waals surface area contributed by atoms with Crippen molar-refractivity contribution in [2.24, 2.45) is 0 Å². The average Bonchev–Trinajstić information content (AvgIpc) is 2.92. The summed E-state index contributed by atoms with van der Waals surface area (Å²) in [7, 11) is 0. The van der Waals surface area contributed by atoms with E-state index >= 15 is 0 Å². The van der Waals surface area contributed by atoms with Crippen LogP contribution in [0.5, 0.6) is 11.5 Å². The van der Waals surface area contributed by atoms with E-state index in [9.17, 15) is 30.5 Å². The molecule has 3 aromatic rings. The Kier molecular flexibility index (Phi) is 9.16. The number of para-hydroxylation sites is 2. The maximum atomic E-state index is 11.1. The Labute approximate surface area is 223 Å². The lowest BCUT2D eigenvalue weighted by Crippen LogP contribution is -2.55. The van der Waals surface area contributed by atoms with Crippen molar-refractivity contribution < 1.29 is 39.6 Å². The van der Waals surface area contributed by atoms with E-state index in [-0.39, 0.29) is 24.7 Å². The summed E-state index contributed by atoms with van der Waals surface area (Å²) in [6, 6.07) is 18.6. The second-order valence-corrected chi connectivity index (χ2v) is 9.25. The number of nitro benzene ring substituents is 1. The highest BCUT2D eigenvalue weighted by Crippen LogP contribution is 2.34.